The molecule has 18 heavy (non-hydrogen) atoms. The van der Waals surface area contributed by atoms with Crippen molar-refractivity contribution in [1.29, 1.82) is 5.41 Å². The van der Waals surface area contributed by atoms with Gasteiger partial charge < -0.3 is 10.5 Å². The van der Waals surface area contributed by atoms with Gasteiger partial charge in [0.05, 0.1) is 12.4 Å². The molecule has 0 aliphatic rings. The second-order valence-corrected chi connectivity index (χ2v) is 4.83. The van der Waals surface area contributed by atoms with Crippen LogP contribution in [-0.4, -0.2) is 12.4 Å². The summed E-state index contributed by atoms with van der Waals surface area (Å²) in [6.45, 7) is 4.14. The van der Waals surface area contributed by atoms with Gasteiger partial charge in [-0.2, -0.15) is 0 Å². The Balaban J connectivity index is 2.38. The topological polar surface area (TPSA) is 59.1 Å². The lowest BCUT2D eigenvalue weighted by Crippen LogP contribution is -2.31. The smallest absolute Gasteiger partial charge is 0.162 e. The van der Waals surface area contributed by atoms with Gasteiger partial charge in [0.25, 0.3) is 0 Å². The summed E-state index contributed by atoms with van der Waals surface area (Å²) < 4.78 is 30.8. The Hall–Kier alpha value is -1.65. The van der Waals surface area contributed by atoms with E-state index in [9.17, 15) is 8.78 Å². The zero-order valence-corrected chi connectivity index (χ0v) is 10.6. The Labute approximate surface area is 105 Å². The molecule has 0 amide bonds. The SMILES string of the molecule is CC(C)(CCCOc1ccc(F)c(F)c1)C(=N)N. The minimum absolute atomic E-state index is 0.135. The number of ether oxygens (including phenoxy) is 1. The number of nitrogens with two attached hydrogens (primary N) is 1. The van der Waals surface area contributed by atoms with E-state index < -0.39 is 11.6 Å². The number of rotatable bonds is 6. The summed E-state index contributed by atoms with van der Waals surface area (Å²) in [5.74, 6) is -1.37. The molecule has 0 spiro atoms. The number of nitrogens with one attached hydrogen (secondary N) is 1. The normalized spacial score (nSPS) is 11.3. The van der Waals surface area contributed by atoms with E-state index in [-0.39, 0.29) is 11.3 Å². The van der Waals surface area contributed by atoms with Crippen molar-refractivity contribution in [2.75, 3.05) is 6.61 Å². The number of halogens is 2. The van der Waals surface area contributed by atoms with Crippen LogP contribution in [0.5, 0.6) is 5.75 Å². The lowest BCUT2D eigenvalue weighted by atomic mass is 9.87. The van der Waals surface area contributed by atoms with E-state index >= 15 is 0 Å². The predicted molar refractivity (Wildman–Crippen MR) is 66.8 cm³/mol. The van der Waals surface area contributed by atoms with Crippen molar-refractivity contribution in [3.05, 3.63) is 29.8 Å². The highest BCUT2D eigenvalue weighted by atomic mass is 19.2. The van der Waals surface area contributed by atoms with Gasteiger partial charge in [-0.05, 0) is 25.0 Å². The third-order valence-electron chi connectivity index (χ3n) is 2.84. The van der Waals surface area contributed by atoms with Crippen LogP contribution in [0.1, 0.15) is 26.7 Å². The minimum Gasteiger partial charge on any atom is -0.493 e. The van der Waals surface area contributed by atoms with Crippen molar-refractivity contribution >= 4 is 5.84 Å². The molecule has 1 aromatic rings. The van der Waals surface area contributed by atoms with Gasteiger partial charge in [0.2, 0.25) is 0 Å². The van der Waals surface area contributed by atoms with Gasteiger partial charge >= 0.3 is 0 Å². The van der Waals surface area contributed by atoms with Gasteiger partial charge in [-0.15, -0.1) is 0 Å². The lowest BCUT2D eigenvalue weighted by molar-refractivity contribution is 0.285. The van der Waals surface area contributed by atoms with Crippen LogP contribution in [0, 0.1) is 22.5 Å². The van der Waals surface area contributed by atoms with Crippen molar-refractivity contribution < 1.29 is 13.5 Å². The van der Waals surface area contributed by atoms with Gasteiger partial charge in [0.1, 0.15) is 5.75 Å². The van der Waals surface area contributed by atoms with Gasteiger partial charge in [-0.25, -0.2) is 8.78 Å². The molecule has 0 atom stereocenters. The average molecular weight is 256 g/mol. The van der Waals surface area contributed by atoms with Crippen LogP contribution in [0.4, 0.5) is 8.78 Å². The summed E-state index contributed by atoms with van der Waals surface area (Å²) in [7, 11) is 0. The van der Waals surface area contributed by atoms with Gasteiger partial charge in [-0.1, -0.05) is 13.8 Å². The highest BCUT2D eigenvalue weighted by Gasteiger charge is 2.20. The van der Waals surface area contributed by atoms with E-state index in [1.165, 1.54) is 6.07 Å². The molecule has 0 aliphatic carbocycles. The molecule has 0 unspecified atom stereocenters. The first kappa shape index (κ1) is 14.4. The molecule has 0 fully saturated rings. The molecule has 0 aliphatic heterocycles. The Morgan fingerprint density at radius 3 is 2.56 bits per heavy atom. The maximum atomic E-state index is 12.9. The number of benzene rings is 1. The summed E-state index contributed by atoms with van der Waals surface area (Å²) in [4.78, 5) is 0. The number of amidine groups is 1. The van der Waals surface area contributed by atoms with Crippen LogP contribution in [-0.2, 0) is 0 Å². The zero-order valence-electron chi connectivity index (χ0n) is 10.6. The first-order valence-electron chi connectivity index (χ1n) is 5.75. The fraction of sp³-hybridized carbons (Fsp3) is 0.462. The van der Waals surface area contributed by atoms with Crippen molar-refractivity contribution in [1.82, 2.24) is 0 Å². The molecule has 3 nitrogen and oxygen atoms in total. The van der Waals surface area contributed by atoms with E-state index in [1.54, 1.807) is 0 Å². The molecule has 0 saturated carbocycles. The minimum atomic E-state index is -0.920. The van der Waals surface area contributed by atoms with Crippen LogP contribution in [0.3, 0.4) is 0 Å². The molecule has 0 aromatic heterocycles. The summed E-state index contributed by atoms with van der Waals surface area (Å²) >= 11 is 0. The second kappa shape index (κ2) is 5.80. The highest BCUT2D eigenvalue weighted by Crippen LogP contribution is 2.22. The molecule has 1 rings (SSSR count). The molecule has 0 heterocycles. The summed E-state index contributed by atoms with van der Waals surface area (Å²) in [6.07, 6.45) is 1.39. The summed E-state index contributed by atoms with van der Waals surface area (Å²) in [5, 5.41) is 7.39. The molecular formula is C13H18F2N2O. The Morgan fingerprint density at radius 2 is 2.00 bits per heavy atom. The third kappa shape index (κ3) is 3.98. The molecule has 0 bridgehead atoms. The average Bonchev–Trinajstić information content (AvgIpc) is 2.29. The molecule has 1 aromatic carbocycles. The molecule has 100 valence electrons. The molecule has 3 N–H and O–H groups in total. The summed E-state index contributed by atoms with van der Waals surface area (Å²) in [5.41, 5.74) is 5.09. The van der Waals surface area contributed by atoms with Crippen molar-refractivity contribution in [2.24, 2.45) is 11.1 Å². The zero-order chi connectivity index (χ0) is 13.8. The predicted octanol–water partition coefficient (Wildman–Crippen LogP) is 3.09. The van der Waals surface area contributed by atoms with Crippen LogP contribution >= 0.6 is 0 Å². The maximum absolute atomic E-state index is 12.9. The third-order valence-corrected chi connectivity index (χ3v) is 2.84. The quantitative estimate of drug-likeness (QED) is 0.467. The van der Waals surface area contributed by atoms with Gasteiger partial charge in [-0.3, -0.25) is 5.41 Å². The Kier molecular flexibility index (Phi) is 4.64. The van der Waals surface area contributed by atoms with Crippen molar-refractivity contribution in [2.45, 2.75) is 26.7 Å². The largest absolute Gasteiger partial charge is 0.493 e. The highest BCUT2D eigenvalue weighted by molar-refractivity contribution is 5.82. The Bertz CT molecular complexity index is 433. The van der Waals surface area contributed by atoms with Crippen LogP contribution in [0.25, 0.3) is 0 Å². The second-order valence-electron chi connectivity index (χ2n) is 4.83. The Morgan fingerprint density at radius 1 is 1.33 bits per heavy atom. The summed E-state index contributed by atoms with van der Waals surface area (Å²) in [6, 6.07) is 3.43. The van der Waals surface area contributed by atoms with E-state index in [1.807, 2.05) is 13.8 Å². The van der Waals surface area contributed by atoms with Gasteiger partial charge in [0.15, 0.2) is 11.6 Å². The molecule has 5 heteroatoms. The van der Waals surface area contributed by atoms with E-state index in [0.29, 0.717) is 25.2 Å². The number of hydrogen-bond acceptors (Lipinski definition) is 2. The lowest BCUT2D eigenvalue weighted by Gasteiger charge is -2.22. The molecule has 0 saturated heterocycles. The molecule has 0 radical (unpaired) electrons. The first-order chi connectivity index (χ1) is 8.33. The molecular weight excluding hydrogens is 238 g/mol. The maximum Gasteiger partial charge on any atom is 0.162 e. The van der Waals surface area contributed by atoms with E-state index in [2.05, 4.69) is 0 Å². The van der Waals surface area contributed by atoms with E-state index in [0.717, 1.165) is 12.1 Å². The van der Waals surface area contributed by atoms with E-state index in [4.69, 9.17) is 15.9 Å². The van der Waals surface area contributed by atoms with Crippen molar-refractivity contribution in [3.8, 4) is 5.75 Å². The fourth-order valence-corrected chi connectivity index (χ4v) is 1.41. The first-order valence-corrected chi connectivity index (χ1v) is 5.75. The van der Waals surface area contributed by atoms with Gasteiger partial charge in [0, 0.05) is 11.5 Å². The van der Waals surface area contributed by atoms with Crippen LogP contribution in [0.2, 0.25) is 0 Å². The van der Waals surface area contributed by atoms with Crippen LogP contribution < -0.4 is 10.5 Å². The fourth-order valence-electron chi connectivity index (χ4n) is 1.41. The van der Waals surface area contributed by atoms with Crippen molar-refractivity contribution in [3.63, 3.8) is 0 Å². The monoisotopic (exact) mass is 256 g/mol. The van der Waals surface area contributed by atoms with Crippen LogP contribution in [0.15, 0.2) is 18.2 Å². The standard InChI is InChI=1S/C13H18F2N2O/c1-13(2,12(16)17)6-3-7-18-9-4-5-10(14)11(15)8-9/h4-5,8H,3,6-7H2,1-2H3,(H3,16,17). The number of hydrogen-bond donors (Lipinski definition) is 2.